The van der Waals surface area contributed by atoms with Crippen LogP contribution in [0.15, 0.2) is 60.0 Å². The largest absolute Gasteiger partial charge is 0.416 e. The molecule has 1 fully saturated rings. The molecule has 31 heavy (non-hydrogen) atoms. The number of alkyl halides is 3. The Morgan fingerprint density at radius 1 is 1.10 bits per heavy atom. The molecule has 1 aliphatic carbocycles. The fraction of sp³-hybridized carbons (Fsp3) is 0.318. The molecular formula is C22H19F5O3S. The molecule has 0 aliphatic heterocycles. The number of benzene rings is 2. The Hall–Kier alpha value is -2.55. The molecule has 0 spiro atoms. The zero-order valence-corrected chi connectivity index (χ0v) is 17.1. The van der Waals surface area contributed by atoms with Crippen LogP contribution in [0.2, 0.25) is 0 Å². The van der Waals surface area contributed by atoms with Crippen molar-refractivity contribution in [3.8, 4) is 0 Å². The van der Waals surface area contributed by atoms with E-state index in [9.17, 15) is 35.2 Å². The number of sulfone groups is 1. The molecular weight excluding hydrogens is 439 g/mol. The van der Waals surface area contributed by atoms with Crippen LogP contribution in [-0.4, -0.2) is 14.2 Å². The Labute approximate surface area is 176 Å². The monoisotopic (exact) mass is 458 g/mol. The lowest BCUT2D eigenvalue weighted by molar-refractivity contribution is -0.137. The number of Topliss-reactive ketones (excluding diaryl/α,β-unsaturated/α-hetero) is 1. The highest BCUT2D eigenvalue weighted by molar-refractivity contribution is 7.92. The van der Waals surface area contributed by atoms with Gasteiger partial charge in [-0.05, 0) is 61.7 Å². The number of rotatable bonds is 5. The Kier molecular flexibility index (Phi) is 6.10. The minimum atomic E-state index is -4.67. The van der Waals surface area contributed by atoms with Crippen LogP contribution in [0, 0.1) is 17.6 Å². The predicted octanol–water partition coefficient (Wildman–Crippen LogP) is 5.60. The molecule has 2 atom stereocenters. The van der Waals surface area contributed by atoms with Crippen LogP contribution < -0.4 is 0 Å². The molecule has 9 heteroatoms. The lowest BCUT2D eigenvalue weighted by Crippen LogP contribution is -2.44. The second-order valence-corrected chi connectivity index (χ2v) is 9.80. The second-order valence-electron chi connectivity index (χ2n) is 7.54. The van der Waals surface area contributed by atoms with Gasteiger partial charge < -0.3 is 0 Å². The third kappa shape index (κ3) is 4.15. The highest BCUT2D eigenvalue weighted by Gasteiger charge is 2.52. The summed E-state index contributed by atoms with van der Waals surface area (Å²) in [6.07, 6.45) is -3.94. The Morgan fingerprint density at radius 2 is 1.74 bits per heavy atom. The van der Waals surface area contributed by atoms with Crippen LogP contribution in [-0.2, 0) is 25.6 Å². The summed E-state index contributed by atoms with van der Waals surface area (Å²) in [6, 6.07) is 5.26. The van der Waals surface area contributed by atoms with E-state index in [1.807, 2.05) is 0 Å². The van der Waals surface area contributed by atoms with Gasteiger partial charge in [0.05, 0.1) is 10.5 Å². The summed E-state index contributed by atoms with van der Waals surface area (Å²) in [5, 5.41) is 0. The molecule has 1 saturated carbocycles. The third-order valence-corrected chi connectivity index (χ3v) is 8.20. The van der Waals surface area contributed by atoms with Gasteiger partial charge in [-0.1, -0.05) is 6.08 Å². The van der Waals surface area contributed by atoms with Crippen LogP contribution in [0.4, 0.5) is 22.0 Å². The highest BCUT2D eigenvalue weighted by Crippen LogP contribution is 2.49. The summed E-state index contributed by atoms with van der Waals surface area (Å²) in [6.45, 7) is 3.55. The van der Waals surface area contributed by atoms with Crippen LogP contribution in [0.25, 0.3) is 0 Å². The van der Waals surface area contributed by atoms with E-state index in [1.54, 1.807) is 0 Å². The standard InChI is InChI=1S/C22H19F5O3S/c1-2-3-14-13-21(11-10-20(14)28,18-12-16(23)6-9-19(18)24)31(29,30)17-7-4-15(5-8-17)22(25,26)27/h2,4-9,12,14H,1,3,10-11,13H2/t14-,21?/m1/s1. The van der Waals surface area contributed by atoms with Crippen molar-refractivity contribution in [2.75, 3.05) is 0 Å². The van der Waals surface area contributed by atoms with E-state index in [-0.39, 0.29) is 31.5 Å². The average Bonchev–Trinajstić information content (AvgIpc) is 2.71. The summed E-state index contributed by atoms with van der Waals surface area (Å²) in [7, 11) is -4.51. The molecule has 0 saturated heterocycles. The topological polar surface area (TPSA) is 51.2 Å². The number of hydrogen-bond acceptors (Lipinski definition) is 3. The van der Waals surface area contributed by atoms with Crippen LogP contribution in [0.5, 0.6) is 0 Å². The normalized spacial score (nSPS) is 22.4. The number of allylic oxidation sites excluding steroid dienone is 1. The quantitative estimate of drug-likeness (QED) is 0.433. The molecule has 2 aromatic carbocycles. The van der Waals surface area contributed by atoms with Crippen molar-refractivity contribution in [1.29, 1.82) is 0 Å². The summed E-state index contributed by atoms with van der Waals surface area (Å²) < 4.78 is 92.8. The maximum absolute atomic E-state index is 14.8. The van der Waals surface area contributed by atoms with Gasteiger partial charge in [0, 0.05) is 17.9 Å². The number of carbonyl (C=O) groups excluding carboxylic acids is 1. The molecule has 2 aromatic rings. The van der Waals surface area contributed by atoms with E-state index in [1.165, 1.54) is 6.08 Å². The molecule has 0 bridgehead atoms. The minimum Gasteiger partial charge on any atom is -0.299 e. The van der Waals surface area contributed by atoms with E-state index in [2.05, 4.69) is 6.58 Å². The van der Waals surface area contributed by atoms with Gasteiger partial charge in [0.25, 0.3) is 0 Å². The predicted molar refractivity (Wildman–Crippen MR) is 104 cm³/mol. The van der Waals surface area contributed by atoms with Gasteiger partial charge in [-0.15, -0.1) is 6.58 Å². The third-order valence-electron chi connectivity index (χ3n) is 5.68. The van der Waals surface area contributed by atoms with Crippen LogP contribution in [0.1, 0.15) is 36.8 Å². The Morgan fingerprint density at radius 3 is 2.32 bits per heavy atom. The molecule has 0 amide bonds. The Balaban J connectivity index is 2.22. The van der Waals surface area contributed by atoms with Gasteiger partial charge >= 0.3 is 6.18 Å². The first-order chi connectivity index (χ1) is 14.4. The van der Waals surface area contributed by atoms with E-state index in [0.717, 1.165) is 30.3 Å². The smallest absolute Gasteiger partial charge is 0.299 e. The lowest BCUT2D eigenvalue weighted by Gasteiger charge is -2.40. The first kappa shape index (κ1) is 23.1. The molecule has 3 rings (SSSR count). The van der Waals surface area contributed by atoms with Gasteiger partial charge in [-0.25, -0.2) is 17.2 Å². The van der Waals surface area contributed by atoms with Gasteiger partial charge in [0.1, 0.15) is 22.2 Å². The minimum absolute atomic E-state index is 0.139. The van der Waals surface area contributed by atoms with Crippen LogP contribution in [0.3, 0.4) is 0 Å². The number of halogens is 5. The molecule has 166 valence electrons. The van der Waals surface area contributed by atoms with Gasteiger partial charge in [-0.3, -0.25) is 4.79 Å². The fourth-order valence-corrected chi connectivity index (χ4v) is 6.27. The SMILES string of the molecule is C=CC[C@@H]1CC(c2cc(F)ccc2F)(S(=O)(=O)c2ccc(C(F)(F)F)cc2)CCC1=O. The van der Waals surface area contributed by atoms with Crippen molar-refractivity contribution in [2.24, 2.45) is 5.92 Å². The molecule has 0 aromatic heterocycles. The zero-order valence-electron chi connectivity index (χ0n) is 16.3. The van der Waals surface area contributed by atoms with Crippen molar-refractivity contribution in [1.82, 2.24) is 0 Å². The van der Waals surface area contributed by atoms with E-state index in [0.29, 0.717) is 12.1 Å². The Bertz CT molecular complexity index is 1110. The van der Waals surface area contributed by atoms with E-state index < -0.39 is 54.3 Å². The van der Waals surface area contributed by atoms with Crippen molar-refractivity contribution < 1.29 is 35.2 Å². The molecule has 3 nitrogen and oxygen atoms in total. The zero-order chi connectivity index (χ0) is 23.0. The van der Waals surface area contributed by atoms with E-state index >= 15 is 0 Å². The molecule has 1 unspecified atom stereocenters. The molecule has 1 aliphatic rings. The maximum atomic E-state index is 14.8. The molecule has 0 N–H and O–H groups in total. The number of carbonyl (C=O) groups is 1. The average molecular weight is 458 g/mol. The summed E-state index contributed by atoms with van der Waals surface area (Å²) >= 11 is 0. The highest BCUT2D eigenvalue weighted by atomic mass is 32.2. The second kappa shape index (κ2) is 8.18. The summed E-state index contributed by atoms with van der Waals surface area (Å²) in [4.78, 5) is 11.9. The number of ketones is 1. The molecule has 0 radical (unpaired) electrons. The van der Waals surface area contributed by atoms with Gasteiger partial charge in [0.2, 0.25) is 0 Å². The van der Waals surface area contributed by atoms with Gasteiger partial charge in [0.15, 0.2) is 9.84 Å². The summed E-state index contributed by atoms with van der Waals surface area (Å²) in [5.41, 5.74) is -1.48. The van der Waals surface area contributed by atoms with Crippen molar-refractivity contribution >= 4 is 15.6 Å². The molecule has 0 heterocycles. The fourth-order valence-electron chi connectivity index (χ4n) is 4.09. The first-order valence-corrected chi connectivity index (χ1v) is 10.9. The van der Waals surface area contributed by atoms with Crippen molar-refractivity contribution in [3.05, 3.63) is 77.9 Å². The van der Waals surface area contributed by atoms with E-state index in [4.69, 9.17) is 0 Å². The number of hydrogen-bond donors (Lipinski definition) is 0. The maximum Gasteiger partial charge on any atom is 0.416 e. The van der Waals surface area contributed by atoms with Crippen molar-refractivity contribution in [2.45, 2.75) is 41.5 Å². The summed E-state index contributed by atoms with van der Waals surface area (Å²) in [5.74, 6) is -2.85. The first-order valence-electron chi connectivity index (χ1n) is 9.43. The van der Waals surface area contributed by atoms with Gasteiger partial charge in [-0.2, -0.15) is 13.2 Å². The van der Waals surface area contributed by atoms with Crippen molar-refractivity contribution in [3.63, 3.8) is 0 Å². The van der Waals surface area contributed by atoms with Crippen LogP contribution >= 0.6 is 0 Å². The lowest BCUT2D eigenvalue weighted by atomic mass is 9.75.